The van der Waals surface area contributed by atoms with Crippen molar-refractivity contribution >= 4 is 21.7 Å². The lowest BCUT2D eigenvalue weighted by molar-refractivity contribution is 0.767. The summed E-state index contributed by atoms with van der Waals surface area (Å²) in [7, 11) is 0. The van der Waals surface area contributed by atoms with Crippen LogP contribution in [0.15, 0.2) is 16.7 Å². The van der Waals surface area contributed by atoms with Crippen LogP contribution in [0.3, 0.4) is 0 Å². The monoisotopic (exact) mass is 269 g/mol. The predicted molar refractivity (Wildman–Crippen MR) is 66.1 cm³/mol. The minimum Gasteiger partial charge on any atom is -0.352 e. The molecule has 0 bridgehead atoms. The molecule has 0 unspecified atom stereocenters. The second-order valence-electron chi connectivity index (χ2n) is 4.01. The van der Waals surface area contributed by atoms with Crippen LogP contribution in [0.4, 0.5) is 5.82 Å². The third kappa shape index (κ3) is 2.49. The Bertz CT molecular complexity index is 350. The van der Waals surface area contributed by atoms with E-state index in [1.807, 2.05) is 6.20 Å². The molecular weight excluding hydrogens is 254 g/mol. The maximum atomic E-state index is 5.63. The summed E-state index contributed by atoms with van der Waals surface area (Å²) >= 11 is 3.43. The third-order valence-electron chi connectivity index (χ3n) is 2.65. The van der Waals surface area contributed by atoms with Crippen molar-refractivity contribution < 1.29 is 0 Å². The van der Waals surface area contributed by atoms with Crippen LogP contribution in [0.25, 0.3) is 0 Å². The first kappa shape index (κ1) is 10.9. The van der Waals surface area contributed by atoms with Gasteiger partial charge in [-0.05, 0) is 47.3 Å². The number of anilines is 1. The molecule has 1 aliphatic carbocycles. The van der Waals surface area contributed by atoms with Crippen LogP contribution >= 0.6 is 15.9 Å². The molecule has 0 aliphatic heterocycles. The van der Waals surface area contributed by atoms with E-state index in [0.717, 1.165) is 16.8 Å². The molecule has 4 heteroatoms. The highest BCUT2D eigenvalue weighted by Crippen LogP contribution is 2.32. The molecular formula is C11H16BrN3. The zero-order chi connectivity index (χ0) is 10.8. The van der Waals surface area contributed by atoms with Crippen molar-refractivity contribution in [1.29, 1.82) is 0 Å². The highest BCUT2D eigenvalue weighted by atomic mass is 79.9. The van der Waals surface area contributed by atoms with Crippen molar-refractivity contribution in [2.75, 3.05) is 18.0 Å². The number of hydrogen-bond acceptors (Lipinski definition) is 3. The summed E-state index contributed by atoms with van der Waals surface area (Å²) in [5, 5.41) is 0. The number of hydrogen-bond donors (Lipinski definition) is 1. The van der Waals surface area contributed by atoms with Gasteiger partial charge in [0.15, 0.2) is 0 Å². The molecule has 0 aromatic carbocycles. The Kier molecular flexibility index (Phi) is 3.26. The van der Waals surface area contributed by atoms with Crippen LogP contribution in [0.2, 0.25) is 0 Å². The molecule has 2 rings (SSSR count). The van der Waals surface area contributed by atoms with E-state index < -0.39 is 0 Å². The highest BCUT2D eigenvalue weighted by molar-refractivity contribution is 9.10. The van der Waals surface area contributed by atoms with Crippen molar-refractivity contribution in [3.63, 3.8) is 0 Å². The Labute approximate surface area is 98.8 Å². The molecule has 2 N–H and O–H groups in total. The van der Waals surface area contributed by atoms with Gasteiger partial charge in [0.25, 0.3) is 0 Å². The van der Waals surface area contributed by atoms with Crippen LogP contribution < -0.4 is 10.6 Å². The molecule has 1 saturated carbocycles. The summed E-state index contributed by atoms with van der Waals surface area (Å²) in [6.07, 6.45) is 4.41. The SMILES string of the molecule is Cc1cc(Br)cnc1N(CCN)C1CC1. The minimum absolute atomic E-state index is 0.668. The van der Waals surface area contributed by atoms with E-state index in [4.69, 9.17) is 5.73 Å². The first-order valence-electron chi connectivity index (χ1n) is 5.31. The Morgan fingerprint density at radius 1 is 1.60 bits per heavy atom. The van der Waals surface area contributed by atoms with Gasteiger partial charge in [-0.2, -0.15) is 0 Å². The lowest BCUT2D eigenvalue weighted by atomic mass is 10.2. The maximum absolute atomic E-state index is 5.63. The van der Waals surface area contributed by atoms with Crippen LogP contribution in [-0.2, 0) is 0 Å². The molecule has 1 aliphatic rings. The summed E-state index contributed by atoms with van der Waals surface area (Å²) in [4.78, 5) is 6.82. The summed E-state index contributed by atoms with van der Waals surface area (Å²) in [5.41, 5.74) is 6.85. The van der Waals surface area contributed by atoms with E-state index in [0.29, 0.717) is 12.6 Å². The summed E-state index contributed by atoms with van der Waals surface area (Å²) in [6, 6.07) is 2.77. The van der Waals surface area contributed by atoms with E-state index in [1.165, 1.54) is 18.4 Å². The van der Waals surface area contributed by atoms with Gasteiger partial charge in [0.1, 0.15) is 5.82 Å². The maximum Gasteiger partial charge on any atom is 0.131 e. The number of aromatic nitrogens is 1. The standard InChI is InChI=1S/C11H16BrN3/c1-8-6-9(12)7-14-11(8)15(5-4-13)10-2-3-10/h6-7,10H,2-5,13H2,1H3. The van der Waals surface area contributed by atoms with E-state index >= 15 is 0 Å². The molecule has 1 fully saturated rings. The van der Waals surface area contributed by atoms with Gasteiger partial charge in [0.05, 0.1) is 0 Å². The summed E-state index contributed by atoms with van der Waals surface area (Å²) in [5.74, 6) is 1.09. The van der Waals surface area contributed by atoms with Crippen molar-refractivity contribution in [3.05, 3.63) is 22.3 Å². The fraction of sp³-hybridized carbons (Fsp3) is 0.545. The van der Waals surface area contributed by atoms with Gasteiger partial charge in [0.2, 0.25) is 0 Å². The van der Waals surface area contributed by atoms with E-state index in [1.54, 1.807) is 0 Å². The molecule has 3 nitrogen and oxygen atoms in total. The number of halogens is 1. The molecule has 0 spiro atoms. The van der Waals surface area contributed by atoms with Crippen molar-refractivity contribution in [3.8, 4) is 0 Å². The van der Waals surface area contributed by atoms with Crippen molar-refractivity contribution in [1.82, 2.24) is 4.98 Å². The Morgan fingerprint density at radius 3 is 2.87 bits per heavy atom. The number of nitrogens with zero attached hydrogens (tertiary/aromatic N) is 2. The van der Waals surface area contributed by atoms with Gasteiger partial charge in [-0.3, -0.25) is 0 Å². The Balaban J connectivity index is 2.24. The first-order chi connectivity index (χ1) is 7.22. The fourth-order valence-electron chi connectivity index (χ4n) is 1.82. The first-order valence-corrected chi connectivity index (χ1v) is 6.10. The largest absolute Gasteiger partial charge is 0.352 e. The summed E-state index contributed by atoms with van der Waals surface area (Å²) in [6.45, 7) is 3.69. The average molecular weight is 270 g/mol. The lowest BCUT2D eigenvalue weighted by Gasteiger charge is -2.24. The van der Waals surface area contributed by atoms with Crippen molar-refractivity contribution in [2.24, 2.45) is 5.73 Å². The van der Waals surface area contributed by atoms with Gasteiger partial charge < -0.3 is 10.6 Å². The smallest absolute Gasteiger partial charge is 0.131 e. The van der Waals surface area contributed by atoms with Crippen LogP contribution in [0.5, 0.6) is 0 Å². The van der Waals surface area contributed by atoms with E-state index in [-0.39, 0.29) is 0 Å². The molecule has 0 amide bonds. The molecule has 82 valence electrons. The molecule has 1 aromatic rings. The van der Waals surface area contributed by atoms with Crippen LogP contribution in [0.1, 0.15) is 18.4 Å². The lowest BCUT2D eigenvalue weighted by Crippen LogP contribution is -2.32. The second-order valence-corrected chi connectivity index (χ2v) is 4.92. The molecule has 0 radical (unpaired) electrons. The summed E-state index contributed by atoms with van der Waals surface area (Å²) < 4.78 is 1.03. The number of aryl methyl sites for hydroxylation is 1. The minimum atomic E-state index is 0.668. The van der Waals surface area contributed by atoms with Gasteiger partial charge in [0, 0.05) is 29.8 Å². The quantitative estimate of drug-likeness (QED) is 0.910. The van der Waals surface area contributed by atoms with Gasteiger partial charge in [-0.1, -0.05) is 0 Å². The third-order valence-corrected chi connectivity index (χ3v) is 3.08. The molecule has 0 atom stereocenters. The molecule has 15 heavy (non-hydrogen) atoms. The van der Waals surface area contributed by atoms with Crippen molar-refractivity contribution in [2.45, 2.75) is 25.8 Å². The molecule has 1 aromatic heterocycles. The Morgan fingerprint density at radius 2 is 2.33 bits per heavy atom. The molecule has 1 heterocycles. The number of rotatable bonds is 4. The van der Waals surface area contributed by atoms with E-state index in [9.17, 15) is 0 Å². The average Bonchev–Trinajstić information content (AvgIpc) is 2.98. The zero-order valence-electron chi connectivity index (χ0n) is 8.91. The topological polar surface area (TPSA) is 42.2 Å². The second kappa shape index (κ2) is 4.49. The number of pyridine rings is 1. The van der Waals surface area contributed by atoms with Gasteiger partial charge >= 0.3 is 0 Å². The predicted octanol–water partition coefficient (Wildman–Crippen LogP) is 2.08. The van der Waals surface area contributed by atoms with Crippen LogP contribution in [0, 0.1) is 6.92 Å². The highest BCUT2D eigenvalue weighted by Gasteiger charge is 2.30. The van der Waals surface area contributed by atoms with Crippen LogP contribution in [-0.4, -0.2) is 24.1 Å². The fourth-order valence-corrected chi connectivity index (χ4v) is 2.27. The normalized spacial score (nSPS) is 15.4. The Hall–Kier alpha value is -0.610. The van der Waals surface area contributed by atoms with Gasteiger partial charge in [-0.25, -0.2) is 4.98 Å². The van der Waals surface area contributed by atoms with Gasteiger partial charge in [-0.15, -0.1) is 0 Å². The zero-order valence-corrected chi connectivity index (χ0v) is 10.5. The van der Waals surface area contributed by atoms with E-state index in [2.05, 4.69) is 38.8 Å². The molecule has 0 saturated heterocycles. The number of nitrogens with two attached hydrogens (primary N) is 1.